The van der Waals surface area contributed by atoms with Crippen molar-refractivity contribution in [3.8, 4) is 0 Å². The average molecular weight is 257 g/mol. The van der Waals surface area contributed by atoms with E-state index in [-0.39, 0.29) is 0 Å². The van der Waals surface area contributed by atoms with Gasteiger partial charge in [0, 0.05) is 23.5 Å². The van der Waals surface area contributed by atoms with Crippen molar-refractivity contribution in [1.29, 1.82) is 0 Å². The van der Waals surface area contributed by atoms with Gasteiger partial charge in [-0.3, -0.25) is 9.59 Å². The third kappa shape index (κ3) is 2.94. The van der Waals surface area contributed by atoms with Gasteiger partial charge in [0.1, 0.15) is 6.04 Å². The quantitative estimate of drug-likeness (QED) is 0.558. The number of benzene rings is 1. The zero-order valence-electron chi connectivity index (χ0n) is 10.2. The fourth-order valence-corrected chi connectivity index (χ4v) is 1.96. The Labute approximate surface area is 110 Å². The van der Waals surface area contributed by atoms with Gasteiger partial charge < -0.3 is 21.7 Å². The number of H-pyrrole nitrogens is 1. The zero-order chi connectivity index (χ0) is 13.8. The van der Waals surface area contributed by atoms with Gasteiger partial charge >= 0.3 is 7.41 Å². The Morgan fingerprint density at radius 2 is 2.11 bits per heavy atom. The van der Waals surface area contributed by atoms with Crippen LogP contribution in [0.5, 0.6) is 0 Å². The van der Waals surface area contributed by atoms with E-state index in [1.807, 2.05) is 24.3 Å². The fourth-order valence-electron chi connectivity index (χ4n) is 1.96. The summed E-state index contributed by atoms with van der Waals surface area (Å²) in [4.78, 5) is 25.7. The first kappa shape index (κ1) is 13.2. The molecular weight excluding hydrogens is 243 g/mol. The topological polar surface area (TPSA) is 114 Å². The molecule has 2 aromatic rings. The smallest absolute Gasteiger partial charge is 0.323 e. The third-order valence-electron chi connectivity index (χ3n) is 2.91. The van der Waals surface area contributed by atoms with E-state index in [2.05, 4.69) is 10.3 Å². The highest BCUT2D eigenvalue weighted by Gasteiger charge is 2.19. The van der Waals surface area contributed by atoms with Gasteiger partial charge in [-0.15, -0.1) is 0 Å². The van der Waals surface area contributed by atoms with Gasteiger partial charge in [-0.1, -0.05) is 18.2 Å². The second-order valence-corrected chi connectivity index (χ2v) is 4.19. The Balaban J connectivity index is 2.21. The molecule has 1 atom stereocenters. The van der Waals surface area contributed by atoms with E-state index in [1.54, 1.807) is 6.20 Å². The van der Waals surface area contributed by atoms with Crippen LogP contribution in [0.25, 0.3) is 10.9 Å². The molecule has 6 nitrogen and oxygen atoms in total. The van der Waals surface area contributed by atoms with Crippen LogP contribution >= 0.6 is 0 Å². The molecule has 0 saturated heterocycles. The van der Waals surface area contributed by atoms with Gasteiger partial charge in [0.25, 0.3) is 0 Å². The number of nitrogens with one attached hydrogen (secondary N) is 2. The Morgan fingerprint density at radius 1 is 1.37 bits per heavy atom. The van der Waals surface area contributed by atoms with Crippen LogP contribution in [0.15, 0.2) is 30.5 Å². The summed E-state index contributed by atoms with van der Waals surface area (Å²) in [5, 5.41) is 3.46. The summed E-state index contributed by atoms with van der Waals surface area (Å²) < 4.78 is 0. The molecule has 1 aromatic carbocycles. The van der Waals surface area contributed by atoms with Crippen LogP contribution in [0, 0.1) is 0 Å². The molecule has 0 unspecified atom stereocenters. The van der Waals surface area contributed by atoms with E-state index >= 15 is 0 Å². The number of rotatable bonds is 5. The number of carbonyl (C=O) groups excluding carboxylic acids is 2. The summed E-state index contributed by atoms with van der Waals surface area (Å²) >= 11 is 0. The average Bonchev–Trinajstić information content (AvgIpc) is 2.81. The maximum atomic E-state index is 11.4. The monoisotopic (exact) mass is 257 g/mol. The number of hydrogen-bond donors (Lipinski definition) is 4. The molecule has 0 aliphatic heterocycles. The second-order valence-electron chi connectivity index (χ2n) is 4.19. The lowest BCUT2D eigenvalue weighted by Crippen LogP contribution is -2.48. The van der Waals surface area contributed by atoms with E-state index in [1.165, 1.54) is 0 Å². The van der Waals surface area contributed by atoms with Crippen molar-refractivity contribution in [3.05, 3.63) is 36.0 Å². The second kappa shape index (κ2) is 5.58. The molecule has 0 aliphatic carbocycles. The lowest BCUT2D eigenvalue weighted by molar-refractivity contribution is -0.119. The number of hydrogen-bond acceptors (Lipinski definition) is 3. The van der Waals surface area contributed by atoms with Crippen LogP contribution in [-0.4, -0.2) is 30.2 Å². The Hall–Kier alpha value is -2.28. The lowest BCUT2D eigenvalue weighted by atomic mass is 9.94. The molecule has 2 amide bonds. The number of primary amides is 1. The molecule has 1 aromatic heterocycles. The largest absolute Gasteiger partial charge is 0.368 e. The molecular formula is C12H14BN4O2. The lowest BCUT2D eigenvalue weighted by Gasteiger charge is -2.14. The molecule has 0 fully saturated rings. The summed E-state index contributed by atoms with van der Waals surface area (Å²) in [6, 6.07) is 6.91. The number of aromatic amines is 1. The third-order valence-corrected chi connectivity index (χ3v) is 2.91. The first-order chi connectivity index (χ1) is 9.11. The Kier molecular flexibility index (Phi) is 3.86. The van der Waals surface area contributed by atoms with Crippen LogP contribution in [0.2, 0.25) is 0 Å². The summed E-state index contributed by atoms with van der Waals surface area (Å²) in [6.07, 6.45) is 2.12. The molecule has 0 spiro atoms. The summed E-state index contributed by atoms with van der Waals surface area (Å²) in [5.74, 6) is -1.12. The fraction of sp³-hybridized carbons (Fsp3) is 0.167. The summed E-state index contributed by atoms with van der Waals surface area (Å²) in [6.45, 7) is 0. The summed E-state index contributed by atoms with van der Waals surface area (Å²) in [5.41, 5.74) is 12.3. The molecule has 19 heavy (non-hydrogen) atoms. The van der Waals surface area contributed by atoms with Crippen molar-refractivity contribution in [2.24, 2.45) is 11.4 Å². The molecule has 1 heterocycles. The maximum Gasteiger partial charge on any atom is 0.323 e. The molecule has 2 rings (SSSR count). The standard InChI is InChI=1S/C12H14BN4O2/c14-11(18)10(17-12(19)13-15)5-7-6-16-9-4-2-1-3-8(7)9/h1-4,6,10,16H,5,15H2,(H2,14,18)(H,17,19)/t10-/m0/s1. The van der Waals surface area contributed by atoms with Crippen LogP contribution in [-0.2, 0) is 11.2 Å². The predicted octanol–water partition coefficient (Wildman–Crippen LogP) is -0.148. The van der Waals surface area contributed by atoms with E-state index in [9.17, 15) is 9.59 Å². The summed E-state index contributed by atoms with van der Waals surface area (Å²) in [7, 11) is 0.866. The molecule has 0 aliphatic rings. The van der Waals surface area contributed by atoms with Crippen molar-refractivity contribution < 1.29 is 9.59 Å². The highest BCUT2D eigenvalue weighted by molar-refractivity contribution is 6.71. The SMILES string of the molecule is N[B]C(=O)N[C@@H](Cc1c[nH]c2ccccc12)C(N)=O. The van der Waals surface area contributed by atoms with Crippen LogP contribution in [0.3, 0.4) is 0 Å². The van der Waals surface area contributed by atoms with Crippen LogP contribution < -0.4 is 16.7 Å². The normalized spacial score (nSPS) is 12.1. The Morgan fingerprint density at radius 3 is 2.79 bits per heavy atom. The van der Waals surface area contributed by atoms with Gasteiger partial charge in [-0.2, -0.15) is 0 Å². The van der Waals surface area contributed by atoms with E-state index < -0.39 is 17.8 Å². The van der Waals surface area contributed by atoms with Crippen molar-refractivity contribution >= 4 is 30.0 Å². The molecule has 0 bridgehead atoms. The molecule has 0 saturated carbocycles. The first-order valence-electron chi connectivity index (χ1n) is 5.81. The van der Waals surface area contributed by atoms with Crippen molar-refractivity contribution in [2.75, 3.05) is 0 Å². The molecule has 1 radical (unpaired) electrons. The van der Waals surface area contributed by atoms with E-state index in [0.717, 1.165) is 23.9 Å². The van der Waals surface area contributed by atoms with Gasteiger partial charge in [0.05, 0.1) is 0 Å². The highest BCUT2D eigenvalue weighted by atomic mass is 16.2. The minimum atomic E-state index is -0.786. The number of para-hydroxylation sites is 1. The van der Waals surface area contributed by atoms with Crippen LogP contribution in [0.4, 0.5) is 4.79 Å². The number of nitrogens with two attached hydrogens (primary N) is 2. The van der Waals surface area contributed by atoms with Gasteiger partial charge in [-0.05, 0) is 11.6 Å². The van der Waals surface area contributed by atoms with Crippen LogP contribution in [0.1, 0.15) is 5.56 Å². The minimum absolute atomic E-state index is 0.318. The van der Waals surface area contributed by atoms with Gasteiger partial charge in [0.2, 0.25) is 5.91 Å². The number of fused-ring (bicyclic) bond motifs is 1. The van der Waals surface area contributed by atoms with Gasteiger partial charge in [0.15, 0.2) is 5.81 Å². The highest BCUT2D eigenvalue weighted by Crippen LogP contribution is 2.18. The molecule has 7 heteroatoms. The van der Waals surface area contributed by atoms with Gasteiger partial charge in [-0.25, -0.2) is 0 Å². The van der Waals surface area contributed by atoms with Crippen molar-refractivity contribution in [3.63, 3.8) is 0 Å². The predicted molar refractivity (Wildman–Crippen MR) is 73.5 cm³/mol. The van der Waals surface area contributed by atoms with E-state index in [0.29, 0.717) is 6.42 Å². The number of aromatic nitrogens is 1. The first-order valence-corrected chi connectivity index (χ1v) is 5.81. The Bertz CT molecular complexity index is 611. The maximum absolute atomic E-state index is 11.4. The van der Waals surface area contributed by atoms with Crippen molar-refractivity contribution in [2.45, 2.75) is 12.5 Å². The minimum Gasteiger partial charge on any atom is -0.368 e. The number of carbonyl (C=O) groups is 2. The number of amides is 2. The zero-order valence-corrected chi connectivity index (χ0v) is 10.2. The van der Waals surface area contributed by atoms with E-state index in [4.69, 9.17) is 11.4 Å². The molecule has 6 N–H and O–H groups in total. The van der Waals surface area contributed by atoms with Crippen molar-refractivity contribution in [1.82, 2.24) is 10.3 Å². The molecule has 97 valence electrons.